The van der Waals surface area contributed by atoms with Crippen LogP contribution in [-0.2, 0) is 0 Å². The van der Waals surface area contributed by atoms with Gasteiger partial charge in [0.2, 0.25) is 0 Å². The van der Waals surface area contributed by atoms with Gasteiger partial charge in [0.15, 0.2) is 0 Å². The van der Waals surface area contributed by atoms with Gasteiger partial charge in [-0.05, 0) is 54.1 Å². The molecule has 0 spiro atoms. The molecule has 2 aliphatic rings. The van der Waals surface area contributed by atoms with Crippen LogP contribution in [0, 0.1) is 0 Å². The fraction of sp³-hybridized carbons (Fsp3) is 0.0769. The first-order valence-electron chi connectivity index (χ1n) is 11.1. The molecule has 0 fully saturated rings. The molecule has 1 unspecified atom stereocenters. The number of ether oxygens (including phenoxy) is 1. The zero-order valence-corrected chi connectivity index (χ0v) is 18.5. The number of rotatable bonds is 6. The summed E-state index contributed by atoms with van der Waals surface area (Å²) in [6.45, 7) is 0. The largest absolute Gasteiger partial charge is 0.738 e. The number of anilines is 1. The van der Waals surface area contributed by atoms with E-state index < -0.39 is 14.4 Å². The molecule has 6 nitrogen and oxygen atoms in total. The minimum atomic E-state index is -0.730. The molecule has 2 aliphatic heterocycles. The highest BCUT2D eigenvalue weighted by Crippen LogP contribution is 2.42. The van der Waals surface area contributed by atoms with Gasteiger partial charge < -0.3 is 28.2 Å². The van der Waals surface area contributed by atoms with Gasteiger partial charge >= 0.3 is 14.4 Å². The number of methoxy groups -OCH3 is 1. The Hall–Kier alpha value is -4.19. The van der Waals surface area contributed by atoms with Crippen LogP contribution < -0.4 is 28.2 Å². The van der Waals surface area contributed by atoms with Crippen LogP contribution in [0.4, 0.5) is 5.69 Å². The summed E-state index contributed by atoms with van der Waals surface area (Å²) in [7, 11) is 0.293. The van der Waals surface area contributed by atoms with Gasteiger partial charge in [0.1, 0.15) is 34.7 Å². The molecule has 8 heteroatoms. The number of hydrogen-bond acceptors (Lipinski definition) is 6. The van der Waals surface area contributed by atoms with E-state index in [1.165, 1.54) is 0 Å². The zero-order valence-electron chi connectivity index (χ0n) is 18.5. The fourth-order valence-electron chi connectivity index (χ4n) is 4.31. The summed E-state index contributed by atoms with van der Waals surface area (Å²) in [4.78, 5) is 2.05. The molecule has 0 amide bonds. The second-order valence-corrected chi connectivity index (χ2v) is 8.00. The maximum absolute atomic E-state index is 6.31. The van der Waals surface area contributed by atoms with Crippen LogP contribution in [0.2, 0.25) is 0 Å². The van der Waals surface area contributed by atoms with E-state index in [9.17, 15) is 0 Å². The molecular weight excluding hydrogens is 428 g/mol. The molecular formula is C26H21B2NO5. The van der Waals surface area contributed by atoms with Crippen molar-refractivity contribution >= 4 is 20.1 Å². The van der Waals surface area contributed by atoms with Crippen LogP contribution in [0.15, 0.2) is 103 Å². The van der Waals surface area contributed by atoms with Crippen molar-refractivity contribution in [1.29, 1.82) is 0 Å². The smallest absolute Gasteiger partial charge is 0.522 e. The molecule has 0 radical (unpaired) electrons. The molecule has 0 aromatic heterocycles. The van der Waals surface area contributed by atoms with Crippen molar-refractivity contribution in [2.75, 3.05) is 11.9 Å². The van der Waals surface area contributed by atoms with E-state index in [1.807, 2.05) is 95.8 Å². The number of para-hydroxylation sites is 4. The van der Waals surface area contributed by atoms with Crippen molar-refractivity contribution in [2.45, 2.75) is 5.94 Å². The van der Waals surface area contributed by atoms with E-state index in [0.29, 0.717) is 23.0 Å². The molecule has 0 bridgehead atoms. The third kappa shape index (κ3) is 3.67. The summed E-state index contributed by atoms with van der Waals surface area (Å²) in [6, 6.07) is 33.2. The highest BCUT2D eigenvalue weighted by molar-refractivity contribution is 6.59. The second kappa shape index (κ2) is 8.63. The summed E-state index contributed by atoms with van der Waals surface area (Å²) in [5.74, 6) is 3.17. The minimum Gasteiger partial charge on any atom is -0.522 e. The summed E-state index contributed by atoms with van der Waals surface area (Å²) >= 11 is 0. The van der Waals surface area contributed by atoms with Gasteiger partial charge in [-0.3, -0.25) is 0 Å². The van der Waals surface area contributed by atoms with Crippen LogP contribution in [0.3, 0.4) is 0 Å². The van der Waals surface area contributed by atoms with Gasteiger partial charge in [-0.1, -0.05) is 54.6 Å². The number of fused-ring (bicyclic) bond motifs is 2. The van der Waals surface area contributed by atoms with Crippen molar-refractivity contribution < 1.29 is 23.4 Å². The molecule has 166 valence electrons. The van der Waals surface area contributed by atoms with Gasteiger partial charge in [-0.15, -0.1) is 0 Å². The van der Waals surface area contributed by atoms with E-state index in [4.69, 9.17) is 23.4 Å². The van der Waals surface area contributed by atoms with Crippen LogP contribution in [0.1, 0.15) is 11.5 Å². The molecule has 0 saturated carbocycles. The van der Waals surface area contributed by atoms with Crippen LogP contribution in [0.25, 0.3) is 0 Å². The Morgan fingerprint density at radius 1 is 0.618 bits per heavy atom. The Morgan fingerprint density at radius 3 is 1.65 bits per heavy atom. The standard InChI is InChI=1S/C26H21B2NO5/c1-30-21-17-15-20(16-18-21)29(28-33-24-13-7-8-14-25(24)34-28)26(19-9-3-2-4-10-19)27-31-22-11-5-6-12-23(22)32-27/h2-18,26H,1H3. The Balaban J connectivity index is 1.45. The summed E-state index contributed by atoms with van der Waals surface area (Å²) in [6.07, 6.45) is 0. The van der Waals surface area contributed by atoms with Gasteiger partial charge in [0.25, 0.3) is 0 Å². The fourth-order valence-corrected chi connectivity index (χ4v) is 4.31. The number of benzene rings is 4. The van der Waals surface area contributed by atoms with Crippen molar-refractivity contribution in [1.82, 2.24) is 0 Å². The van der Waals surface area contributed by atoms with Crippen LogP contribution in [0.5, 0.6) is 28.7 Å². The number of hydrogen-bond donors (Lipinski definition) is 0. The van der Waals surface area contributed by atoms with Crippen molar-refractivity contribution in [3.05, 3.63) is 109 Å². The Labute approximate surface area is 198 Å². The lowest BCUT2D eigenvalue weighted by atomic mass is 9.70. The summed E-state index contributed by atoms with van der Waals surface area (Å²) < 4.78 is 30.6. The van der Waals surface area contributed by atoms with Gasteiger partial charge in [-0.2, -0.15) is 0 Å². The van der Waals surface area contributed by atoms with Gasteiger partial charge in [0.05, 0.1) is 7.11 Å². The van der Waals surface area contributed by atoms with E-state index >= 15 is 0 Å². The Morgan fingerprint density at radius 2 is 1.12 bits per heavy atom. The molecule has 4 aromatic carbocycles. The lowest BCUT2D eigenvalue weighted by Gasteiger charge is -2.34. The average Bonchev–Trinajstić information content (AvgIpc) is 3.52. The SMILES string of the molecule is COc1ccc(N(B2Oc3ccccc3O2)C(B2Oc3ccccc3O2)c2ccccc2)cc1. The van der Waals surface area contributed by atoms with Gasteiger partial charge in [0, 0.05) is 5.69 Å². The van der Waals surface area contributed by atoms with E-state index in [0.717, 1.165) is 17.0 Å². The first-order chi connectivity index (χ1) is 16.8. The Bertz CT molecular complexity index is 1240. The predicted octanol–water partition coefficient (Wildman–Crippen LogP) is 5.20. The topological polar surface area (TPSA) is 49.4 Å². The molecule has 2 heterocycles. The second-order valence-electron chi connectivity index (χ2n) is 8.00. The van der Waals surface area contributed by atoms with Crippen molar-refractivity contribution in [2.24, 2.45) is 0 Å². The van der Waals surface area contributed by atoms with Gasteiger partial charge in [-0.25, -0.2) is 0 Å². The third-order valence-electron chi connectivity index (χ3n) is 5.94. The van der Waals surface area contributed by atoms with E-state index in [-0.39, 0.29) is 5.94 Å². The molecule has 0 saturated heterocycles. The van der Waals surface area contributed by atoms with Crippen molar-refractivity contribution in [3.63, 3.8) is 0 Å². The maximum atomic E-state index is 6.31. The van der Waals surface area contributed by atoms with Crippen molar-refractivity contribution in [3.8, 4) is 28.7 Å². The molecule has 6 rings (SSSR count). The maximum Gasteiger partial charge on any atom is 0.738 e. The van der Waals surface area contributed by atoms with Crippen LogP contribution >= 0.6 is 0 Å². The lowest BCUT2D eigenvalue weighted by molar-refractivity contribution is 0.414. The van der Waals surface area contributed by atoms with E-state index in [1.54, 1.807) is 7.11 Å². The number of nitrogens with zero attached hydrogens (tertiary/aromatic N) is 1. The zero-order chi connectivity index (χ0) is 22.9. The molecule has 1 atom stereocenters. The lowest BCUT2D eigenvalue weighted by Crippen LogP contribution is -2.55. The third-order valence-corrected chi connectivity index (χ3v) is 5.94. The normalized spacial score (nSPS) is 14.1. The monoisotopic (exact) mass is 449 g/mol. The highest BCUT2D eigenvalue weighted by atomic mass is 16.7. The average molecular weight is 449 g/mol. The minimum absolute atomic E-state index is 0.388. The predicted molar refractivity (Wildman–Crippen MR) is 132 cm³/mol. The summed E-state index contributed by atoms with van der Waals surface area (Å²) in [5, 5.41) is 0. The molecule has 34 heavy (non-hydrogen) atoms. The van der Waals surface area contributed by atoms with Crippen LogP contribution in [-0.4, -0.2) is 21.5 Å². The quantitative estimate of drug-likeness (QED) is 0.378. The molecule has 4 aromatic rings. The van der Waals surface area contributed by atoms with E-state index in [2.05, 4.69) is 12.1 Å². The highest BCUT2D eigenvalue weighted by Gasteiger charge is 2.52. The Kier molecular flexibility index (Phi) is 5.18. The molecule has 0 aliphatic carbocycles. The first-order valence-corrected chi connectivity index (χ1v) is 11.1. The summed E-state index contributed by atoms with van der Waals surface area (Å²) in [5.41, 5.74) is 1.87. The first kappa shape index (κ1) is 20.4. The molecule has 0 N–H and O–H groups in total.